The van der Waals surface area contributed by atoms with Crippen LogP contribution in [0.25, 0.3) is 0 Å². The molecule has 1 aromatic rings. The molecule has 1 aliphatic rings. The first-order valence-electron chi connectivity index (χ1n) is 4.74. The van der Waals surface area contributed by atoms with Crippen LogP contribution in [0.15, 0.2) is 18.2 Å². The zero-order chi connectivity index (χ0) is 10.1. The molecule has 0 amide bonds. The normalized spacial score (nSPS) is 21.8. The lowest BCUT2D eigenvalue weighted by Crippen LogP contribution is -2.30. The fourth-order valence-electron chi connectivity index (χ4n) is 1.92. The number of rotatable bonds is 1. The van der Waals surface area contributed by atoms with Gasteiger partial charge in [-0.25, -0.2) is 0 Å². The van der Waals surface area contributed by atoms with Crippen LogP contribution in [0.2, 0.25) is 0 Å². The van der Waals surface area contributed by atoms with E-state index in [1.54, 1.807) is 7.11 Å². The van der Waals surface area contributed by atoms with Gasteiger partial charge in [0.2, 0.25) is 0 Å². The smallest absolute Gasteiger partial charge is 0.119 e. The molecule has 0 saturated heterocycles. The fraction of sp³-hybridized carbons (Fsp3) is 0.455. The number of likely N-dealkylation sites (N-methyl/N-ethyl adjacent to an activating group) is 1. The van der Waals surface area contributed by atoms with Crippen molar-refractivity contribution in [3.63, 3.8) is 0 Å². The Morgan fingerprint density at radius 1 is 1.50 bits per heavy atom. The van der Waals surface area contributed by atoms with Crippen molar-refractivity contribution in [1.29, 1.82) is 0 Å². The van der Waals surface area contributed by atoms with E-state index in [1.165, 1.54) is 0 Å². The third-order valence-electron chi connectivity index (χ3n) is 2.63. The molecule has 0 bridgehead atoms. The number of hydrogen-bond donors (Lipinski definition) is 1. The van der Waals surface area contributed by atoms with Crippen LogP contribution in [-0.4, -0.2) is 30.7 Å². The maximum absolute atomic E-state index is 9.81. The Balaban J connectivity index is 2.39. The minimum Gasteiger partial charge on any atom is -0.497 e. The second-order valence-electron chi connectivity index (χ2n) is 3.78. The van der Waals surface area contributed by atoms with Crippen molar-refractivity contribution in [2.75, 3.05) is 20.7 Å². The maximum atomic E-state index is 9.81. The summed E-state index contributed by atoms with van der Waals surface area (Å²) in [5.74, 6) is 0.853. The standard InChI is InChI=1S/C11H15NO2/c1-12-6-8-5-9(14-2)3-4-10(8)11(13)7-12/h3-5,11,13H,6-7H2,1-2H3/t11-/m1/s1. The predicted octanol–water partition coefficient (Wildman–Crippen LogP) is 1.17. The molecule has 0 aliphatic carbocycles. The lowest BCUT2D eigenvalue weighted by molar-refractivity contribution is 0.108. The van der Waals surface area contributed by atoms with Gasteiger partial charge in [-0.2, -0.15) is 0 Å². The van der Waals surface area contributed by atoms with Crippen LogP contribution in [0.3, 0.4) is 0 Å². The Bertz CT molecular complexity index is 338. The molecule has 14 heavy (non-hydrogen) atoms. The van der Waals surface area contributed by atoms with E-state index in [-0.39, 0.29) is 6.10 Å². The average molecular weight is 193 g/mol. The molecule has 2 rings (SSSR count). The quantitative estimate of drug-likeness (QED) is 0.726. The minimum atomic E-state index is -0.366. The molecule has 1 heterocycles. The first-order valence-corrected chi connectivity index (χ1v) is 4.74. The molecule has 76 valence electrons. The van der Waals surface area contributed by atoms with E-state index in [0.717, 1.165) is 23.4 Å². The van der Waals surface area contributed by atoms with Crippen LogP contribution in [0.1, 0.15) is 17.2 Å². The van der Waals surface area contributed by atoms with Crippen molar-refractivity contribution in [2.45, 2.75) is 12.6 Å². The Kier molecular flexibility index (Phi) is 2.44. The van der Waals surface area contributed by atoms with Crippen molar-refractivity contribution in [3.05, 3.63) is 29.3 Å². The summed E-state index contributed by atoms with van der Waals surface area (Å²) in [6.07, 6.45) is -0.366. The zero-order valence-corrected chi connectivity index (χ0v) is 8.53. The van der Waals surface area contributed by atoms with Gasteiger partial charge in [0.1, 0.15) is 5.75 Å². The summed E-state index contributed by atoms with van der Waals surface area (Å²) in [5, 5.41) is 9.81. The van der Waals surface area contributed by atoms with Gasteiger partial charge in [-0.1, -0.05) is 6.07 Å². The number of fused-ring (bicyclic) bond motifs is 1. The fourth-order valence-corrected chi connectivity index (χ4v) is 1.92. The van der Waals surface area contributed by atoms with Gasteiger partial charge >= 0.3 is 0 Å². The molecule has 1 aliphatic heterocycles. The Hall–Kier alpha value is -1.06. The lowest BCUT2D eigenvalue weighted by Gasteiger charge is -2.29. The molecular formula is C11H15NO2. The van der Waals surface area contributed by atoms with Crippen LogP contribution in [0, 0.1) is 0 Å². The molecule has 0 spiro atoms. The molecule has 3 nitrogen and oxygen atoms in total. The maximum Gasteiger partial charge on any atom is 0.119 e. The van der Waals surface area contributed by atoms with E-state index in [1.807, 2.05) is 25.2 Å². The zero-order valence-electron chi connectivity index (χ0n) is 8.53. The summed E-state index contributed by atoms with van der Waals surface area (Å²) >= 11 is 0. The largest absolute Gasteiger partial charge is 0.497 e. The highest BCUT2D eigenvalue weighted by atomic mass is 16.5. The summed E-state index contributed by atoms with van der Waals surface area (Å²) < 4.78 is 5.15. The second-order valence-corrected chi connectivity index (χ2v) is 3.78. The van der Waals surface area contributed by atoms with E-state index in [2.05, 4.69) is 4.90 Å². The number of aliphatic hydroxyl groups excluding tert-OH is 1. The Labute approximate surface area is 83.9 Å². The van der Waals surface area contributed by atoms with Crippen LogP contribution in [-0.2, 0) is 6.54 Å². The lowest BCUT2D eigenvalue weighted by atomic mass is 9.97. The third-order valence-corrected chi connectivity index (χ3v) is 2.63. The summed E-state index contributed by atoms with van der Waals surface area (Å²) in [5.41, 5.74) is 2.19. The van der Waals surface area contributed by atoms with Crippen LogP contribution in [0.4, 0.5) is 0 Å². The van der Waals surface area contributed by atoms with Gasteiger partial charge in [-0.05, 0) is 30.3 Å². The highest BCUT2D eigenvalue weighted by Gasteiger charge is 2.21. The van der Waals surface area contributed by atoms with Gasteiger partial charge in [0.25, 0.3) is 0 Å². The van der Waals surface area contributed by atoms with Gasteiger partial charge in [-0.3, -0.25) is 4.90 Å². The van der Waals surface area contributed by atoms with E-state index >= 15 is 0 Å². The van der Waals surface area contributed by atoms with Gasteiger partial charge in [0.05, 0.1) is 13.2 Å². The highest BCUT2D eigenvalue weighted by Crippen LogP contribution is 2.28. The van der Waals surface area contributed by atoms with Gasteiger partial charge in [0, 0.05) is 13.1 Å². The molecule has 0 radical (unpaired) electrons. The number of aliphatic hydroxyl groups is 1. The van der Waals surface area contributed by atoms with Crippen LogP contribution >= 0.6 is 0 Å². The van der Waals surface area contributed by atoms with E-state index in [9.17, 15) is 5.11 Å². The second kappa shape index (κ2) is 3.59. The van der Waals surface area contributed by atoms with E-state index < -0.39 is 0 Å². The van der Waals surface area contributed by atoms with E-state index in [4.69, 9.17) is 4.74 Å². The van der Waals surface area contributed by atoms with Crippen molar-refractivity contribution >= 4 is 0 Å². The summed E-state index contributed by atoms with van der Waals surface area (Å²) in [7, 11) is 3.66. The average Bonchev–Trinajstić information content (AvgIpc) is 2.16. The number of β-amino-alcohol motifs (C(OH)–C–C–N with tert-alkyl or cyclic N) is 1. The molecule has 1 aromatic carbocycles. The number of hydrogen-bond acceptors (Lipinski definition) is 3. The van der Waals surface area contributed by atoms with Crippen LogP contribution < -0.4 is 4.74 Å². The third kappa shape index (κ3) is 1.61. The first kappa shape index (κ1) is 9.49. The number of ether oxygens (including phenoxy) is 1. The first-order chi connectivity index (χ1) is 6.70. The molecule has 0 unspecified atom stereocenters. The molecule has 0 aromatic heterocycles. The molecule has 0 fully saturated rings. The minimum absolute atomic E-state index is 0.366. The topological polar surface area (TPSA) is 32.7 Å². The van der Waals surface area contributed by atoms with Crippen molar-refractivity contribution in [2.24, 2.45) is 0 Å². The molecule has 1 atom stereocenters. The van der Waals surface area contributed by atoms with E-state index in [0.29, 0.717) is 6.54 Å². The Morgan fingerprint density at radius 2 is 2.29 bits per heavy atom. The summed E-state index contributed by atoms with van der Waals surface area (Å²) in [6.45, 7) is 1.59. The predicted molar refractivity (Wildman–Crippen MR) is 54.3 cm³/mol. The Morgan fingerprint density at radius 3 is 3.00 bits per heavy atom. The van der Waals surface area contributed by atoms with Crippen molar-refractivity contribution in [1.82, 2.24) is 4.90 Å². The highest BCUT2D eigenvalue weighted by molar-refractivity contribution is 5.38. The van der Waals surface area contributed by atoms with Crippen molar-refractivity contribution < 1.29 is 9.84 Å². The molecular weight excluding hydrogens is 178 g/mol. The summed E-state index contributed by atoms with van der Waals surface area (Å²) in [4.78, 5) is 2.10. The number of nitrogens with zero attached hydrogens (tertiary/aromatic N) is 1. The molecule has 0 saturated carbocycles. The van der Waals surface area contributed by atoms with Crippen molar-refractivity contribution in [3.8, 4) is 5.75 Å². The van der Waals surface area contributed by atoms with Crippen LogP contribution in [0.5, 0.6) is 5.75 Å². The van der Waals surface area contributed by atoms with Gasteiger partial charge in [-0.15, -0.1) is 0 Å². The number of benzene rings is 1. The van der Waals surface area contributed by atoms with Gasteiger partial charge < -0.3 is 9.84 Å². The molecule has 3 heteroatoms. The van der Waals surface area contributed by atoms with Gasteiger partial charge in [0.15, 0.2) is 0 Å². The summed E-state index contributed by atoms with van der Waals surface area (Å²) in [6, 6.07) is 5.84. The number of methoxy groups -OCH3 is 1. The molecule has 1 N–H and O–H groups in total. The SMILES string of the molecule is COc1ccc2c(c1)CN(C)C[C@H]2O. The monoisotopic (exact) mass is 193 g/mol.